The number of benzene rings is 1. The standard InChI is InChI=1S/C26H36N6O2/c1-29(2)26(34)22-8-5-9-23(17-22)28-25(33)20-31-12-6-7-21(19-31)18-30-13-15-32(16-14-30)24-10-3-4-11-27-24/h3-5,8-11,17,21H,6-7,12-16,18-20H2,1-2H3,(H,28,33). The van der Waals surface area contributed by atoms with Crippen molar-refractivity contribution in [3.63, 3.8) is 0 Å². The summed E-state index contributed by atoms with van der Waals surface area (Å²) in [5.41, 5.74) is 1.24. The number of hydrogen-bond donors (Lipinski definition) is 1. The van der Waals surface area contributed by atoms with Crippen LogP contribution in [0.4, 0.5) is 11.5 Å². The van der Waals surface area contributed by atoms with Gasteiger partial charge in [-0.3, -0.25) is 19.4 Å². The molecule has 1 aromatic heterocycles. The van der Waals surface area contributed by atoms with E-state index in [1.165, 1.54) is 11.3 Å². The molecule has 3 heterocycles. The summed E-state index contributed by atoms with van der Waals surface area (Å²) in [4.78, 5) is 38.1. The fourth-order valence-corrected chi connectivity index (χ4v) is 4.90. The third-order valence-electron chi connectivity index (χ3n) is 6.63. The van der Waals surface area contributed by atoms with Crippen molar-refractivity contribution < 1.29 is 9.59 Å². The normalized spacial score (nSPS) is 19.6. The van der Waals surface area contributed by atoms with Crippen molar-refractivity contribution in [2.75, 3.05) is 76.7 Å². The maximum absolute atomic E-state index is 12.7. The summed E-state index contributed by atoms with van der Waals surface area (Å²) in [7, 11) is 3.45. The van der Waals surface area contributed by atoms with E-state index in [1.54, 1.807) is 32.3 Å². The smallest absolute Gasteiger partial charge is 0.253 e. The zero-order valence-electron chi connectivity index (χ0n) is 20.3. The van der Waals surface area contributed by atoms with Crippen molar-refractivity contribution in [1.29, 1.82) is 0 Å². The molecule has 182 valence electrons. The maximum Gasteiger partial charge on any atom is 0.253 e. The van der Waals surface area contributed by atoms with Crippen LogP contribution in [-0.2, 0) is 4.79 Å². The SMILES string of the molecule is CN(C)C(=O)c1cccc(NC(=O)CN2CCCC(CN3CCN(c4ccccn4)CC3)C2)c1. The number of aromatic nitrogens is 1. The number of amides is 2. The van der Waals surface area contributed by atoms with Crippen LogP contribution in [0.5, 0.6) is 0 Å². The monoisotopic (exact) mass is 464 g/mol. The van der Waals surface area contributed by atoms with Crippen LogP contribution in [0.15, 0.2) is 48.7 Å². The lowest BCUT2D eigenvalue weighted by Gasteiger charge is -2.39. The van der Waals surface area contributed by atoms with Crippen molar-refractivity contribution >= 4 is 23.3 Å². The molecule has 2 aliphatic rings. The molecule has 2 amide bonds. The van der Waals surface area contributed by atoms with Crippen molar-refractivity contribution in [3.8, 4) is 0 Å². The summed E-state index contributed by atoms with van der Waals surface area (Å²) >= 11 is 0. The van der Waals surface area contributed by atoms with Crippen molar-refractivity contribution in [2.24, 2.45) is 5.92 Å². The van der Waals surface area contributed by atoms with E-state index in [4.69, 9.17) is 0 Å². The number of nitrogens with one attached hydrogen (secondary N) is 1. The lowest BCUT2D eigenvalue weighted by Crippen LogP contribution is -2.50. The van der Waals surface area contributed by atoms with Gasteiger partial charge in [-0.15, -0.1) is 0 Å². The number of carbonyl (C=O) groups excluding carboxylic acids is 2. The van der Waals surface area contributed by atoms with E-state index in [-0.39, 0.29) is 11.8 Å². The van der Waals surface area contributed by atoms with E-state index in [9.17, 15) is 9.59 Å². The molecule has 0 radical (unpaired) electrons. The van der Waals surface area contributed by atoms with Gasteiger partial charge < -0.3 is 15.1 Å². The minimum absolute atomic E-state index is 0.0286. The number of nitrogens with zero attached hydrogens (tertiary/aromatic N) is 5. The van der Waals surface area contributed by atoms with Gasteiger partial charge in [-0.1, -0.05) is 12.1 Å². The Morgan fingerprint density at radius 3 is 2.59 bits per heavy atom. The van der Waals surface area contributed by atoms with Gasteiger partial charge in [-0.2, -0.15) is 0 Å². The highest BCUT2D eigenvalue weighted by molar-refractivity contribution is 5.97. The Labute approximate surface area is 202 Å². The first-order valence-electron chi connectivity index (χ1n) is 12.2. The topological polar surface area (TPSA) is 72.0 Å². The minimum atomic E-state index is -0.0733. The predicted molar refractivity (Wildman–Crippen MR) is 135 cm³/mol. The molecule has 8 heteroatoms. The number of hydrogen-bond acceptors (Lipinski definition) is 6. The molecule has 8 nitrogen and oxygen atoms in total. The molecule has 2 aliphatic heterocycles. The highest BCUT2D eigenvalue weighted by Gasteiger charge is 2.25. The van der Waals surface area contributed by atoms with Gasteiger partial charge in [0.1, 0.15) is 5.82 Å². The summed E-state index contributed by atoms with van der Waals surface area (Å²) in [5, 5.41) is 2.97. The Balaban J connectivity index is 1.22. The van der Waals surface area contributed by atoms with Crippen LogP contribution in [0.2, 0.25) is 0 Å². The number of rotatable bonds is 7. The van der Waals surface area contributed by atoms with Crippen LogP contribution >= 0.6 is 0 Å². The first kappa shape index (κ1) is 24.2. The summed E-state index contributed by atoms with van der Waals surface area (Å²) in [5.74, 6) is 1.55. The molecule has 34 heavy (non-hydrogen) atoms. The molecule has 1 aromatic carbocycles. The quantitative estimate of drug-likeness (QED) is 0.678. The van der Waals surface area contributed by atoms with Crippen LogP contribution in [-0.4, -0.2) is 98.0 Å². The number of carbonyl (C=O) groups is 2. The molecule has 1 N–H and O–H groups in total. The van der Waals surface area contributed by atoms with Gasteiger partial charge in [0.25, 0.3) is 5.91 Å². The summed E-state index contributed by atoms with van der Waals surface area (Å²) in [6.07, 6.45) is 4.19. The molecule has 1 unspecified atom stereocenters. The van der Waals surface area contributed by atoms with Gasteiger partial charge in [0.15, 0.2) is 0 Å². The lowest BCUT2D eigenvalue weighted by molar-refractivity contribution is -0.117. The fourth-order valence-electron chi connectivity index (χ4n) is 4.90. The number of pyridine rings is 1. The molecule has 2 aromatic rings. The van der Waals surface area contributed by atoms with E-state index >= 15 is 0 Å². The van der Waals surface area contributed by atoms with Crippen LogP contribution in [0.25, 0.3) is 0 Å². The Bertz CT molecular complexity index is 959. The van der Waals surface area contributed by atoms with Gasteiger partial charge in [0.05, 0.1) is 6.54 Å². The maximum atomic E-state index is 12.7. The van der Waals surface area contributed by atoms with E-state index < -0.39 is 0 Å². The van der Waals surface area contributed by atoms with E-state index in [0.717, 1.165) is 58.1 Å². The number of piperidine rings is 1. The van der Waals surface area contributed by atoms with Crippen LogP contribution in [0.1, 0.15) is 23.2 Å². The molecule has 0 saturated carbocycles. The molecule has 2 saturated heterocycles. The molecule has 0 bridgehead atoms. The Morgan fingerprint density at radius 2 is 1.85 bits per heavy atom. The Kier molecular flexibility index (Phi) is 8.13. The Morgan fingerprint density at radius 1 is 1.03 bits per heavy atom. The van der Waals surface area contributed by atoms with Crippen LogP contribution in [0, 0.1) is 5.92 Å². The largest absolute Gasteiger partial charge is 0.354 e. The van der Waals surface area contributed by atoms with E-state index in [0.29, 0.717) is 23.7 Å². The molecule has 4 rings (SSSR count). The van der Waals surface area contributed by atoms with Gasteiger partial charge in [-0.05, 0) is 55.6 Å². The highest BCUT2D eigenvalue weighted by Crippen LogP contribution is 2.20. The van der Waals surface area contributed by atoms with Gasteiger partial charge in [0, 0.05) is 70.8 Å². The van der Waals surface area contributed by atoms with Gasteiger partial charge in [0.2, 0.25) is 5.91 Å². The average molecular weight is 465 g/mol. The third-order valence-corrected chi connectivity index (χ3v) is 6.63. The number of piperazine rings is 1. The average Bonchev–Trinajstić information content (AvgIpc) is 2.85. The zero-order valence-corrected chi connectivity index (χ0v) is 20.3. The van der Waals surface area contributed by atoms with Crippen molar-refractivity contribution in [2.45, 2.75) is 12.8 Å². The number of likely N-dealkylation sites (tertiary alicyclic amines) is 1. The van der Waals surface area contributed by atoms with Crippen LogP contribution < -0.4 is 10.2 Å². The molecule has 1 atom stereocenters. The van der Waals surface area contributed by atoms with Crippen LogP contribution in [0.3, 0.4) is 0 Å². The molecule has 0 aliphatic carbocycles. The molecule has 0 spiro atoms. The second-order valence-corrected chi connectivity index (χ2v) is 9.55. The minimum Gasteiger partial charge on any atom is -0.354 e. The van der Waals surface area contributed by atoms with E-state index in [1.807, 2.05) is 24.4 Å². The first-order chi connectivity index (χ1) is 16.5. The van der Waals surface area contributed by atoms with Crippen molar-refractivity contribution in [3.05, 3.63) is 54.2 Å². The zero-order chi connectivity index (χ0) is 23.9. The van der Waals surface area contributed by atoms with Gasteiger partial charge >= 0.3 is 0 Å². The van der Waals surface area contributed by atoms with Crippen molar-refractivity contribution in [1.82, 2.24) is 19.7 Å². The van der Waals surface area contributed by atoms with E-state index in [2.05, 4.69) is 31.1 Å². The first-order valence-corrected chi connectivity index (χ1v) is 12.2. The lowest BCUT2D eigenvalue weighted by atomic mass is 9.97. The Hall–Kier alpha value is -2.97. The third kappa shape index (κ3) is 6.55. The van der Waals surface area contributed by atoms with Gasteiger partial charge in [-0.25, -0.2) is 4.98 Å². The number of anilines is 2. The second-order valence-electron chi connectivity index (χ2n) is 9.55. The second kappa shape index (κ2) is 11.4. The summed E-state index contributed by atoms with van der Waals surface area (Å²) < 4.78 is 0. The molecule has 2 fully saturated rings. The predicted octanol–water partition coefficient (Wildman–Crippen LogP) is 2.26. The molecular weight excluding hydrogens is 428 g/mol. The summed E-state index contributed by atoms with van der Waals surface area (Å²) in [6, 6.07) is 13.2. The highest BCUT2D eigenvalue weighted by atomic mass is 16.2. The fraction of sp³-hybridized carbons (Fsp3) is 0.500. The summed E-state index contributed by atoms with van der Waals surface area (Å²) in [6.45, 7) is 7.49. The molecular formula is C26H36N6O2.